The van der Waals surface area contributed by atoms with Gasteiger partial charge in [-0.25, -0.2) is 4.98 Å². The van der Waals surface area contributed by atoms with Crippen molar-refractivity contribution in [2.45, 2.75) is 20.0 Å². The van der Waals surface area contributed by atoms with Crippen LogP contribution in [0.2, 0.25) is 5.15 Å². The van der Waals surface area contributed by atoms with Crippen LogP contribution < -0.4 is 4.74 Å². The minimum atomic E-state index is 0.409. The van der Waals surface area contributed by atoms with Crippen molar-refractivity contribution in [3.63, 3.8) is 0 Å². The molecule has 0 bridgehead atoms. The van der Waals surface area contributed by atoms with Crippen LogP contribution >= 0.6 is 11.6 Å². The van der Waals surface area contributed by atoms with Crippen LogP contribution in [0.3, 0.4) is 0 Å². The molecular formula is C22H18ClN3O2. The van der Waals surface area contributed by atoms with Gasteiger partial charge in [-0.2, -0.15) is 0 Å². The van der Waals surface area contributed by atoms with Crippen LogP contribution in [0, 0.1) is 6.92 Å². The van der Waals surface area contributed by atoms with Gasteiger partial charge in [0.25, 0.3) is 0 Å². The number of hydrogen-bond acceptors (Lipinski definition) is 5. The molecule has 0 amide bonds. The third-order valence-electron chi connectivity index (χ3n) is 4.28. The normalized spacial score (nSPS) is 10.8. The molecule has 4 rings (SSSR count). The molecular weight excluding hydrogens is 374 g/mol. The first kappa shape index (κ1) is 18.2. The second-order valence-corrected chi connectivity index (χ2v) is 6.75. The SMILES string of the molecule is Cc1cccc(OCc2ccccc2-c2nnc(Cc3cccnc3Cl)o2)c1. The van der Waals surface area contributed by atoms with Crippen molar-refractivity contribution in [2.75, 3.05) is 0 Å². The highest BCUT2D eigenvalue weighted by Gasteiger charge is 2.14. The number of rotatable bonds is 6. The van der Waals surface area contributed by atoms with E-state index in [9.17, 15) is 0 Å². The van der Waals surface area contributed by atoms with E-state index >= 15 is 0 Å². The molecule has 2 aromatic heterocycles. The van der Waals surface area contributed by atoms with E-state index in [0.717, 1.165) is 28.0 Å². The molecule has 0 N–H and O–H groups in total. The number of aromatic nitrogens is 3. The highest BCUT2D eigenvalue weighted by molar-refractivity contribution is 6.30. The number of hydrogen-bond donors (Lipinski definition) is 0. The van der Waals surface area contributed by atoms with E-state index < -0.39 is 0 Å². The summed E-state index contributed by atoms with van der Waals surface area (Å²) in [6.45, 7) is 2.45. The number of halogens is 1. The monoisotopic (exact) mass is 391 g/mol. The molecule has 0 aliphatic carbocycles. The summed E-state index contributed by atoms with van der Waals surface area (Å²) in [5, 5.41) is 8.80. The van der Waals surface area contributed by atoms with Crippen molar-refractivity contribution in [3.8, 4) is 17.2 Å². The zero-order valence-electron chi connectivity index (χ0n) is 15.3. The van der Waals surface area contributed by atoms with Crippen molar-refractivity contribution < 1.29 is 9.15 Å². The van der Waals surface area contributed by atoms with E-state index in [2.05, 4.69) is 15.2 Å². The number of pyridine rings is 1. The van der Waals surface area contributed by atoms with Gasteiger partial charge in [0.1, 0.15) is 17.5 Å². The quantitative estimate of drug-likeness (QED) is 0.419. The number of benzene rings is 2. The summed E-state index contributed by atoms with van der Waals surface area (Å²) in [4.78, 5) is 4.07. The summed E-state index contributed by atoms with van der Waals surface area (Å²) in [7, 11) is 0. The fourth-order valence-corrected chi connectivity index (χ4v) is 3.06. The minimum absolute atomic E-state index is 0.409. The lowest BCUT2D eigenvalue weighted by atomic mass is 10.1. The molecule has 140 valence electrons. The van der Waals surface area contributed by atoms with Gasteiger partial charge < -0.3 is 9.15 Å². The van der Waals surface area contributed by atoms with E-state index in [4.69, 9.17) is 20.8 Å². The Morgan fingerprint density at radius 1 is 0.964 bits per heavy atom. The van der Waals surface area contributed by atoms with Crippen molar-refractivity contribution in [2.24, 2.45) is 0 Å². The summed E-state index contributed by atoms with van der Waals surface area (Å²) >= 11 is 6.12. The molecule has 2 heterocycles. The molecule has 0 spiro atoms. The Morgan fingerprint density at radius 3 is 2.68 bits per heavy atom. The summed E-state index contributed by atoms with van der Waals surface area (Å²) in [5.41, 5.74) is 3.82. The molecule has 0 aliphatic heterocycles. The lowest BCUT2D eigenvalue weighted by Gasteiger charge is -2.09. The molecule has 0 radical (unpaired) electrons. The van der Waals surface area contributed by atoms with E-state index in [-0.39, 0.29) is 0 Å². The summed E-state index contributed by atoms with van der Waals surface area (Å²) in [5.74, 6) is 1.77. The van der Waals surface area contributed by atoms with Gasteiger partial charge in [0.05, 0.1) is 6.42 Å². The second kappa shape index (κ2) is 8.23. The van der Waals surface area contributed by atoms with Crippen LogP contribution in [0.1, 0.15) is 22.6 Å². The maximum atomic E-state index is 6.12. The van der Waals surface area contributed by atoms with Crippen LogP contribution in [-0.2, 0) is 13.0 Å². The number of aryl methyl sites for hydroxylation is 1. The van der Waals surface area contributed by atoms with Gasteiger partial charge in [0.15, 0.2) is 0 Å². The molecule has 28 heavy (non-hydrogen) atoms. The lowest BCUT2D eigenvalue weighted by molar-refractivity contribution is 0.306. The molecule has 0 aliphatic rings. The minimum Gasteiger partial charge on any atom is -0.489 e. The summed E-state index contributed by atoms with van der Waals surface area (Å²) < 4.78 is 11.8. The average Bonchev–Trinajstić information content (AvgIpc) is 3.17. The van der Waals surface area contributed by atoms with Gasteiger partial charge in [-0.15, -0.1) is 10.2 Å². The zero-order chi connectivity index (χ0) is 19.3. The topological polar surface area (TPSA) is 61.0 Å². The van der Waals surface area contributed by atoms with Gasteiger partial charge in [0, 0.05) is 17.3 Å². The highest BCUT2D eigenvalue weighted by Crippen LogP contribution is 2.25. The predicted molar refractivity (Wildman–Crippen MR) is 107 cm³/mol. The van der Waals surface area contributed by atoms with E-state index in [0.29, 0.717) is 30.0 Å². The molecule has 0 atom stereocenters. The summed E-state index contributed by atoms with van der Waals surface area (Å²) in [6, 6.07) is 19.5. The van der Waals surface area contributed by atoms with Crippen LogP contribution in [0.15, 0.2) is 71.3 Å². The first-order chi connectivity index (χ1) is 13.7. The van der Waals surface area contributed by atoms with Crippen LogP contribution in [0.5, 0.6) is 5.75 Å². The standard InChI is InChI=1S/C22H18ClN3O2/c1-15-6-4-9-18(12-15)27-14-17-7-2-3-10-19(17)22-26-25-20(28-22)13-16-8-5-11-24-21(16)23/h2-12H,13-14H2,1H3. The van der Waals surface area contributed by atoms with Gasteiger partial charge in [-0.3, -0.25) is 0 Å². The Hall–Kier alpha value is -3.18. The van der Waals surface area contributed by atoms with Crippen molar-refractivity contribution in [1.82, 2.24) is 15.2 Å². The fraction of sp³-hybridized carbons (Fsp3) is 0.136. The van der Waals surface area contributed by atoms with Crippen LogP contribution in [-0.4, -0.2) is 15.2 Å². The van der Waals surface area contributed by atoms with Crippen LogP contribution in [0.25, 0.3) is 11.5 Å². The largest absolute Gasteiger partial charge is 0.489 e. The third kappa shape index (κ3) is 4.21. The average molecular weight is 392 g/mol. The molecule has 2 aromatic carbocycles. The smallest absolute Gasteiger partial charge is 0.248 e. The second-order valence-electron chi connectivity index (χ2n) is 6.39. The highest BCUT2D eigenvalue weighted by atomic mass is 35.5. The Labute approximate surface area is 168 Å². The summed E-state index contributed by atoms with van der Waals surface area (Å²) in [6.07, 6.45) is 2.08. The predicted octanol–water partition coefficient (Wildman–Crippen LogP) is 5.26. The third-order valence-corrected chi connectivity index (χ3v) is 4.62. The lowest BCUT2D eigenvalue weighted by Crippen LogP contribution is -1.98. The number of nitrogens with zero attached hydrogens (tertiary/aromatic N) is 3. The zero-order valence-corrected chi connectivity index (χ0v) is 16.1. The Balaban J connectivity index is 1.53. The van der Waals surface area contributed by atoms with Gasteiger partial charge in [0.2, 0.25) is 11.8 Å². The molecule has 0 saturated heterocycles. The first-order valence-electron chi connectivity index (χ1n) is 8.88. The van der Waals surface area contributed by atoms with E-state index in [1.807, 2.05) is 67.6 Å². The van der Waals surface area contributed by atoms with Gasteiger partial charge in [-0.05, 0) is 42.3 Å². The Bertz CT molecular complexity index is 1090. The maximum Gasteiger partial charge on any atom is 0.248 e. The molecule has 0 saturated carbocycles. The molecule has 0 unspecified atom stereocenters. The fourth-order valence-electron chi connectivity index (χ4n) is 2.87. The molecule has 0 fully saturated rings. The first-order valence-corrected chi connectivity index (χ1v) is 9.26. The van der Waals surface area contributed by atoms with E-state index in [1.165, 1.54) is 0 Å². The van der Waals surface area contributed by atoms with Crippen molar-refractivity contribution in [1.29, 1.82) is 0 Å². The Morgan fingerprint density at radius 2 is 1.82 bits per heavy atom. The van der Waals surface area contributed by atoms with Crippen molar-refractivity contribution in [3.05, 3.63) is 94.6 Å². The molecule has 4 aromatic rings. The van der Waals surface area contributed by atoms with E-state index in [1.54, 1.807) is 6.20 Å². The Kier molecular flexibility index (Phi) is 5.35. The molecule has 6 heteroatoms. The van der Waals surface area contributed by atoms with Crippen molar-refractivity contribution >= 4 is 11.6 Å². The number of ether oxygens (including phenoxy) is 1. The maximum absolute atomic E-state index is 6.12. The van der Waals surface area contributed by atoms with Crippen LogP contribution in [0.4, 0.5) is 0 Å². The molecule has 5 nitrogen and oxygen atoms in total. The van der Waals surface area contributed by atoms with Gasteiger partial charge in [-0.1, -0.05) is 48.0 Å². The van der Waals surface area contributed by atoms with Gasteiger partial charge >= 0.3 is 0 Å².